The Kier molecular flexibility index (Phi) is 7.85. The molecule has 0 bridgehead atoms. The molecule has 7 nitrogen and oxygen atoms in total. The second-order valence-corrected chi connectivity index (χ2v) is 7.15. The van der Waals surface area contributed by atoms with E-state index < -0.39 is 6.36 Å². The zero-order valence-corrected chi connectivity index (χ0v) is 17.6. The van der Waals surface area contributed by atoms with Gasteiger partial charge in [-0.15, -0.1) is 13.2 Å². The molecular formula is C22H24F3N3O4. The topological polar surface area (TPSA) is 107 Å². The number of fused-ring (bicyclic) bond motifs is 1. The van der Waals surface area contributed by atoms with Crippen molar-refractivity contribution in [2.75, 3.05) is 0 Å². The largest absolute Gasteiger partial charge is 0.573 e. The van der Waals surface area contributed by atoms with Crippen LogP contribution in [0, 0.1) is 6.92 Å². The number of rotatable bonds is 4. The molecule has 1 aromatic carbocycles. The van der Waals surface area contributed by atoms with Gasteiger partial charge in [0.1, 0.15) is 11.6 Å². The van der Waals surface area contributed by atoms with E-state index in [1.165, 1.54) is 12.1 Å². The molecule has 2 heterocycles. The molecule has 10 heteroatoms. The van der Waals surface area contributed by atoms with Crippen molar-refractivity contribution in [2.45, 2.75) is 44.9 Å². The molecule has 4 rings (SSSR count). The maximum Gasteiger partial charge on any atom is 0.573 e. The second-order valence-electron chi connectivity index (χ2n) is 7.15. The molecular weight excluding hydrogens is 427 g/mol. The summed E-state index contributed by atoms with van der Waals surface area (Å²) in [7, 11) is 0. The van der Waals surface area contributed by atoms with Gasteiger partial charge in [-0.25, -0.2) is 4.98 Å². The molecule has 0 saturated heterocycles. The highest BCUT2D eigenvalue weighted by Crippen LogP contribution is 2.50. The third-order valence-electron chi connectivity index (χ3n) is 5.23. The van der Waals surface area contributed by atoms with Crippen LogP contribution in [0.2, 0.25) is 0 Å². The van der Waals surface area contributed by atoms with Gasteiger partial charge >= 0.3 is 6.36 Å². The number of aryl methyl sites for hydroxylation is 1. The molecule has 1 aliphatic rings. The molecule has 0 radical (unpaired) electrons. The van der Waals surface area contributed by atoms with Crippen molar-refractivity contribution in [3.63, 3.8) is 0 Å². The van der Waals surface area contributed by atoms with Crippen molar-refractivity contribution < 1.29 is 32.6 Å². The molecule has 3 N–H and O–H groups in total. The predicted molar refractivity (Wildman–Crippen MR) is 113 cm³/mol. The minimum Gasteiger partial charge on any atom is -0.483 e. The number of halogens is 3. The van der Waals surface area contributed by atoms with Crippen LogP contribution in [0.4, 0.5) is 13.2 Å². The fourth-order valence-corrected chi connectivity index (χ4v) is 3.60. The summed E-state index contributed by atoms with van der Waals surface area (Å²) in [5.41, 5.74) is 6.95. The maximum atomic E-state index is 12.6. The van der Waals surface area contributed by atoms with Crippen molar-refractivity contribution in [1.29, 1.82) is 0 Å². The SMILES string of the molecule is CCC1(c2cccc(-n3c(C)cc4ccc(OC(F)(F)F)cc43)n2)CC1.NC=O.O=CO. The number of pyridine rings is 1. The molecule has 172 valence electrons. The van der Waals surface area contributed by atoms with E-state index in [1.807, 2.05) is 35.8 Å². The van der Waals surface area contributed by atoms with Crippen LogP contribution in [-0.4, -0.2) is 33.9 Å². The summed E-state index contributed by atoms with van der Waals surface area (Å²) in [6.45, 7) is 3.84. The predicted octanol–water partition coefficient (Wildman–Crippen LogP) is 4.48. The van der Waals surface area contributed by atoms with Gasteiger partial charge in [0.2, 0.25) is 6.41 Å². The number of alkyl halides is 3. The molecule has 0 unspecified atom stereocenters. The van der Waals surface area contributed by atoms with Gasteiger partial charge in [-0.3, -0.25) is 14.2 Å². The standard InChI is InChI=1S/C20H19F3N2O.CH3NO.CH2O2/c1-3-19(9-10-19)17-5-4-6-18(24-17)25-13(2)11-14-7-8-15(12-16(14)25)26-20(21,22)23;2*2-1-3/h4-8,11-12H,3,9-10H2,1-2H3;1H,(H2,2,3);1H,(H,2,3). The fraction of sp³-hybridized carbons (Fsp3) is 0.318. The Morgan fingerprint density at radius 1 is 1.22 bits per heavy atom. The molecule has 0 spiro atoms. The van der Waals surface area contributed by atoms with Crippen molar-refractivity contribution in [2.24, 2.45) is 5.73 Å². The van der Waals surface area contributed by atoms with Gasteiger partial charge in [0.15, 0.2) is 0 Å². The Balaban J connectivity index is 0.000000547. The molecule has 1 saturated carbocycles. The Labute approximate surface area is 182 Å². The molecule has 0 atom stereocenters. The Bertz CT molecular complexity index is 1070. The summed E-state index contributed by atoms with van der Waals surface area (Å²) in [4.78, 5) is 21.8. The van der Waals surface area contributed by atoms with Crippen LogP contribution in [0.25, 0.3) is 16.7 Å². The number of nitrogens with two attached hydrogens (primary N) is 1. The second kappa shape index (κ2) is 10.2. The van der Waals surface area contributed by atoms with Gasteiger partial charge in [0, 0.05) is 28.3 Å². The summed E-state index contributed by atoms with van der Waals surface area (Å²) < 4.78 is 43.6. The summed E-state index contributed by atoms with van der Waals surface area (Å²) >= 11 is 0. The van der Waals surface area contributed by atoms with Crippen LogP contribution in [0.15, 0.2) is 42.5 Å². The number of benzene rings is 1. The lowest BCUT2D eigenvalue weighted by Crippen LogP contribution is -2.17. The highest BCUT2D eigenvalue weighted by Gasteiger charge is 2.43. The number of ether oxygens (including phenoxy) is 1. The van der Waals surface area contributed by atoms with Crippen LogP contribution in [0.3, 0.4) is 0 Å². The molecule has 3 aromatic rings. The summed E-state index contributed by atoms with van der Waals surface area (Å²) in [6, 6.07) is 12.2. The minimum atomic E-state index is -4.71. The number of carbonyl (C=O) groups is 2. The lowest BCUT2D eigenvalue weighted by molar-refractivity contribution is -0.274. The van der Waals surface area contributed by atoms with E-state index >= 15 is 0 Å². The van der Waals surface area contributed by atoms with Crippen LogP contribution in [-0.2, 0) is 15.0 Å². The van der Waals surface area contributed by atoms with E-state index in [9.17, 15) is 13.2 Å². The Hall–Kier alpha value is -3.56. The van der Waals surface area contributed by atoms with Gasteiger partial charge in [0.05, 0.1) is 5.52 Å². The fourth-order valence-electron chi connectivity index (χ4n) is 3.60. The van der Waals surface area contributed by atoms with Crippen LogP contribution in [0.5, 0.6) is 5.75 Å². The number of hydrogen-bond acceptors (Lipinski definition) is 4. The average Bonchev–Trinajstić information content (AvgIpc) is 3.45. The zero-order valence-electron chi connectivity index (χ0n) is 17.6. The van der Waals surface area contributed by atoms with Gasteiger partial charge in [-0.05, 0) is 56.5 Å². The van der Waals surface area contributed by atoms with E-state index in [-0.39, 0.29) is 24.0 Å². The van der Waals surface area contributed by atoms with Crippen LogP contribution >= 0.6 is 0 Å². The molecule has 1 amide bonds. The first-order valence-electron chi connectivity index (χ1n) is 9.73. The number of carbonyl (C=O) groups excluding carboxylic acids is 1. The molecule has 1 fully saturated rings. The number of hydrogen-bond donors (Lipinski definition) is 2. The first-order valence-corrected chi connectivity index (χ1v) is 9.73. The lowest BCUT2D eigenvalue weighted by atomic mass is 9.99. The van der Waals surface area contributed by atoms with Crippen molar-refractivity contribution in [1.82, 2.24) is 9.55 Å². The number of aromatic nitrogens is 2. The van der Waals surface area contributed by atoms with E-state index in [4.69, 9.17) is 19.7 Å². The number of primary amides is 1. The highest BCUT2D eigenvalue weighted by molar-refractivity contribution is 5.84. The molecule has 0 aliphatic heterocycles. The third-order valence-corrected chi connectivity index (χ3v) is 5.23. The minimum absolute atomic E-state index is 0.164. The number of nitrogens with zero attached hydrogens (tertiary/aromatic N) is 2. The lowest BCUT2D eigenvalue weighted by Gasteiger charge is -2.15. The molecule has 2 aromatic heterocycles. The Morgan fingerprint density at radius 3 is 2.38 bits per heavy atom. The first kappa shape index (κ1) is 24.7. The van der Waals surface area contributed by atoms with E-state index in [2.05, 4.69) is 17.4 Å². The zero-order chi connectivity index (χ0) is 23.9. The number of amides is 1. The maximum absolute atomic E-state index is 12.6. The van der Waals surface area contributed by atoms with E-state index in [0.29, 0.717) is 5.52 Å². The van der Waals surface area contributed by atoms with Crippen LogP contribution in [0.1, 0.15) is 37.6 Å². The summed E-state index contributed by atoms with van der Waals surface area (Å²) in [5.74, 6) is 0.492. The summed E-state index contributed by atoms with van der Waals surface area (Å²) in [6.07, 6.45) is -1.15. The molecule has 1 aliphatic carbocycles. The van der Waals surface area contributed by atoms with E-state index in [1.54, 1.807) is 6.07 Å². The third kappa shape index (κ3) is 5.77. The smallest absolute Gasteiger partial charge is 0.483 e. The first-order chi connectivity index (χ1) is 15.1. The van der Waals surface area contributed by atoms with E-state index in [0.717, 1.165) is 41.9 Å². The van der Waals surface area contributed by atoms with Crippen LogP contribution < -0.4 is 10.5 Å². The van der Waals surface area contributed by atoms with Gasteiger partial charge < -0.3 is 15.6 Å². The molecule has 32 heavy (non-hydrogen) atoms. The van der Waals surface area contributed by atoms with Gasteiger partial charge in [-0.1, -0.05) is 13.0 Å². The van der Waals surface area contributed by atoms with Gasteiger partial charge in [-0.2, -0.15) is 0 Å². The van der Waals surface area contributed by atoms with Crippen molar-refractivity contribution in [3.8, 4) is 11.6 Å². The van der Waals surface area contributed by atoms with Crippen molar-refractivity contribution >= 4 is 23.8 Å². The number of carboxylic acid groups (broad SMARTS) is 1. The highest BCUT2D eigenvalue weighted by atomic mass is 19.4. The quantitative estimate of drug-likeness (QED) is 0.569. The normalized spacial score (nSPS) is 13.8. The van der Waals surface area contributed by atoms with Gasteiger partial charge in [0.25, 0.3) is 6.47 Å². The summed E-state index contributed by atoms with van der Waals surface area (Å²) in [5, 5.41) is 7.74. The Morgan fingerprint density at radius 2 is 1.84 bits per heavy atom. The van der Waals surface area contributed by atoms with Crippen molar-refractivity contribution in [3.05, 3.63) is 53.9 Å². The monoisotopic (exact) mass is 451 g/mol. The average molecular weight is 451 g/mol.